The molecule has 3 N–H and O–H groups in total. The Kier molecular flexibility index (Phi) is 10.0. The second-order valence-corrected chi connectivity index (χ2v) is 9.91. The molecule has 2 amide bonds. The minimum atomic E-state index is -0.815. The van der Waals surface area contributed by atoms with Crippen LogP contribution in [0.5, 0.6) is 0 Å². The van der Waals surface area contributed by atoms with E-state index in [0.717, 1.165) is 28.0 Å². The van der Waals surface area contributed by atoms with E-state index in [4.69, 9.17) is 9.84 Å². The van der Waals surface area contributed by atoms with Crippen molar-refractivity contribution in [3.63, 3.8) is 0 Å². The van der Waals surface area contributed by atoms with E-state index < -0.39 is 18.1 Å². The fourth-order valence-corrected chi connectivity index (χ4v) is 4.84. The van der Waals surface area contributed by atoms with Crippen LogP contribution in [0.25, 0.3) is 11.1 Å². The van der Waals surface area contributed by atoms with Gasteiger partial charge in [0.1, 0.15) is 12.6 Å². The highest BCUT2D eigenvalue weighted by Gasteiger charge is 2.29. The van der Waals surface area contributed by atoms with Gasteiger partial charge in [-0.1, -0.05) is 55.5 Å². The van der Waals surface area contributed by atoms with E-state index in [1.165, 1.54) is 0 Å². The molecule has 1 aliphatic carbocycles. The van der Waals surface area contributed by atoms with Gasteiger partial charge in [0, 0.05) is 18.9 Å². The molecular formula is C27H34N2O5S. The maximum atomic E-state index is 12.7. The fourth-order valence-electron chi connectivity index (χ4n) is 4.37. The highest BCUT2D eigenvalue weighted by Crippen LogP contribution is 2.44. The van der Waals surface area contributed by atoms with Gasteiger partial charge in [-0.15, -0.1) is 0 Å². The molecule has 3 rings (SSSR count). The molecule has 2 aromatic rings. The predicted octanol–water partition coefficient (Wildman–Crippen LogP) is 4.65. The number of carboxylic acids is 1. The van der Waals surface area contributed by atoms with Crippen molar-refractivity contribution in [1.29, 1.82) is 0 Å². The van der Waals surface area contributed by atoms with Gasteiger partial charge in [0.05, 0.1) is 0 Å². The van der Waals surface area contributed by atoms with Crippen molar-refractivity contribution in [3.05, 3.63) is 59.7 Å². The first kappa shape index (κ1) is 26.6. The predicted molar refractivity (Wildman–Crippen MR) is 139 cm³/mol. The van der Waals surface area contributed by atoms with Crippen molar-refractivity contribution in [3.8, 4) is 11.1 Å². The largest absolute Gasteiger partial charge is 0.481 e. The van der Waals surface area contributed by atoms with Crippen LogP contribution in [0.15, 0.2) is 48.5 Å². The molecule has 1 unspecified atom stereocenters. The number of fused-ring (bicyclic) bond motifs is 3. The quantitative estimate of drug-likeness (QED) is 0.371. The van der Waals surface area contributed by atoms with Gasteiger partial charge in [-0.25, -0.2) is 4.79 Å². The summed E-state index contributed by atoms with van der Waals surface area (Å²) >= 11 is 1.60. The standard InChI is InChI=1S/C27H34N2O5S/c1-18(11-12-25(30)31)13-15-28-26(32)24(14-16-35-2)29-27(33)34-17-23-21-9-5-3-7-19(21)20-8-4-6-10-22(20)23/h3-10,18,23-24H,11-17H2,1-2H3,(H,28,32)(H,29,33)(H,30,31)/t18?,24-/m1/s1. The van der Waals surface area contributed by atoms with Crippen LogP contribution < -0.4 is 10.6 Å². The van der Waals surface area contributed by atoms with Crippen molar-refractivity contribution >= 4 is 29.7 Å². The molecule has 0 saturated carbocycles. The van der Waals surface area contributed by atoms with Crippen molar-refractivity contribution in [2.75, 3.05) is 25.2 Å². The van der Waals surface area contributed by atoms with Gasteiger partial charge in [-0.05, 0) is 59.4 Å². The summed E-state index contributed by atoms with van der Waals surface area (Å²) in [4.78, 5) is 36.1. The lowest BCUT2D eigenvalue weighted by molar-refractivity contribution is -0.137. The molecule has 0 fully saturated rings. The molecule has 2 aromatic carbocycles. The van der Waals surface area contributed by atoms with E-state index in [0.29, 0.717) is 25.8 Å². The van der Waals surface area contributed by atoms with E-state index in [2.05, 4.69) is 34.9 Å². The highest BCUT2D eigenvalue weighted by molar-refractivity contribution is 7.98. The Hall–Kier alpha value is -3.00. The SMILES string of the molecule is CSCC[C@@H](NC(=O)OCC1c2ccccc2-c2ccccc21)C(=O)NCCC(C)CCC(=O)O. The average Bonchev–Trinajstić information content (AvgIpc) is 3.17. The Morgan fingerprint density at radius 2 is 1.63 bits per heavy atom. The number of alkyl carbamates (subject to hydrolysis) is 1. The summed E-state index contributed by atoms with van der Waals surface area (Å²) in [5.41, 5.74) is 4.59. The summed E-state index contributed by atoms with van der Waals surface area (Å²) in [6.45, 7) is 2.59. The number of aliphatic carboxylic acids is 1. The zero-order valence-electron chi connectivity index (χ0n) is 20.3. The van der Waals surface area contributed by atoms with Crippen molar-refractivity contribution in [2.24, 2.45) is 5.92 Å². The number of carbonyl (C=O) groups is 3. The van der Waals surface area contributed by atoms with Gasteiger partial charge in [0.25, 0.3) is 0 Å². The lowest BCUT2D eigenvalue weighted by atomic mass is 9.98. The summed E-state index contributed by atoms with van der Waals surface area (Å²) < 4.78 is 5.60. The molecule has 7 nitrogen and oxygen atoms in total. The first-order chi connectivity index (χ1) is 16.9. The molecule has 0 saturated heterocycles. The number of thioether (sulfide) groups is 1. The number of rotatable bonds is 13. The lowest BCUT2D eigenvalue weighted by Crippen LogP contribution is -2.47. The molecule has 0 radical (unpaired) electrons. The van der Waals surface area contributed by atoms with Gasteiger partial charge < -0.3 is 20.5 Å². The Bertz CT molecular complexity index is 983. The smallest absolute Gasteiger partial charge is 0.407 e. The van der Waals surface area contributed by atoms with Gasteiger partial charge >= 0.3 is 12.1 Å². The third kappa shape index (κ3) is 7.49. The molecule has 2 atom stereocenters. The molecule has 35 heavy (non-hydrogen) atoms. The molecule has 188 valence electrons. The minimum Gasteiger partial charge on any atom is -0.481 e. The van der Waals surface area contributed by atoms with E-state index in [-0.39, 0.29) is 30.8 Å². The van der Waals surface area contributed by atoms with E-state index in [1.54, 1.807) is 11.8 Å². The number of hydrogen-bond donors (Lipinski definition) is 3. The summed E-state index contributed by atoms with van der Waals surface area (Å²) in [6.07, 6.45) is 3.20. The highest BCUT2D eigenvalue weighted by atomic mass is 32.2. The summed E-state index contributed by atoms with van der Waals surface area (Å²) in [5.74, 6) is -0.204. The lowest BCUT2D eigenvalue weighted by Gasteiger charge is -2.20. The first-order valence-electron chi connectivity index (χ1n) is 12.0. The maximum Gasteiger partial charge on any atom is 0.407 e. The zero-order chi connectivity index (χ0) is 25.2. The second-order valence-electron chi connectivity index (χ2n) is 8.92. The van der Waals surface area contributed by atoms with Gasteiger partial charge in [0.2, 0.25) is 5.91 Å². The Labute approximate surface area is 211 Å². The summed E-state index contributed by atoms with van der Waals surface area (Å²) in [5, 5.41) is 14.4. The van der Waals surface area contributed by atoms with Crippen LogP contribution in [-0.4, -0.2) is 54.3 Å². The zero-order valence-corrected chi connectivity index (χ0v) is 21.1. The third-order valence-corrected chi connectivity index (χ3v) is 6.99. The summed E-state index contributed by atoms with van der Waals surface area (Å²) in [7, 11) is 0. The Morgan fingerprint density at radius 3 is 2.23 bits per heavy atom. The summed E-state index contributed by atoms with van der Waals surface area (Å²) in [6, 6.07) is 15.6. The van der Waals surface area contributed by atoms with Crippen LogP contribution in [0.3, 0.4) is 0 Å². The first-order valence-corrected chi connectivity index (χ1v) is 13.4. The number of carbonyl (C=O) groups excluding carboxylic acids is 2. The van der Waals surface area contributed by atoms with Crippen molar-refractivity contribution in [2.45, 2.75) is 44.6 Å². The monoisotopic (exact) mass is 498 g/mol. The van der Waals surface area contributed by atoms with Crippen LogP contribution in [-0.2, 0) is 14.3 Å². The molecule has 8 heteroatoms. The van der Waals surface area contributed by atoms with Gasteiger partial charge in [-0.2, -0.15) is 11.8 Å². The van der Waals surface area contributed by atoms with Crippen LogP contribution in [0, 0.1) is 5.92 Å². The van der Waals surface area contributed by atoms with E-state index >= 15 is 0 Å². The number of hydrogen-bond acceptors (Lipinski definition) is 5. The molecule has 0 heterocycles. The number of nitrogens with one attached hydrogen (secondary N) is 2. The minimum absolute atomic E-state index is 0.0427. The van der Waals surface area contributed by atoms with Crippen molar-refractivity contribution < 1.29 is 24.2 Å². The topological polar surface area (TPSA) is 105 Å². The molecule has 0 aromatic heterocycles. The third-order valence-electron chi connectivity index (χ3n) is 6.35. The molecule has 0 bridgehead atoms. The normalized spacial score (nSPS) is 13.9. The molecular weight excluding hydrogens is 464 g/mol. The average molecular weight is 499 g/mol. The Balaban J connectivity index is 1.53. The molecule has 0 aliphatic heterocycles. The number of ether oxygens (including phenoxy) is 1. The maximum absolute atomic E-state index is 12.7. The van der Waals surface area contributed by atoms with Gasteiger partial charge in [0.15, 0.2) is 0 Å². The van der Waals surface area contributed by atoms with Gasteiger partial charge in [-0.3, -0.25) is 9.59 Å². The molecule has 1 aliphatic rings. The number of carboxylic acid groups (broad SMARTS) is 1. The van der Waals surface area contributed by atoms with Crippen LogP contribution in [0.2, 0.25) is 0 Å². The van der Waals surface area contributed by atoms with Crippen LogP contribution in [0.1, 0.15) is 49.7 Å². The number of amides is 2. The van der Waals surface area contributed by atoms with Crippen LogP contribution >= 0.6 is 11.8 Å². The fraction of sp³-hybridized carbons (Fsp3) is 0.444. The second kappa shape index (κ2) is 13.2. The Morgan fingerprint density at radius 1 is 1.00 bits per heavy atom. The molecule has 0 spiro atoms. The van der Waals surface area contributed by atoms with E-state index in [1.807, 2.05) is 37.4 Å². The van der Waals surface area contributed by atoms with E-state index in [9.17, 15) is 14.4 Å². The van der Waals surface area contributed by atoms with Crippen LogP contribution in [0.4, 0.5) is 4.79 Å². The van der Waals surface area contributed by atoms with Crippen molar-refractivity contribution in [1.82, 2.24) is 10.6 Å². The number of benzene rings is 2.